The molecular weight excluding hydrogens is 351 g/mol. The third kappa shape index (κ3) is 2.21. The summed E-state index contributed by atoms with van der Waals surface area (Å²) in [5, 5.41) is 3.47. The highest BCUT2D eigenvalue weighted by Gasteiger charge is 2.59. The lowest BCUT2D eigenvalue weighted by molar-refractivity contribution is -0.118. The standard InChI is InChI=1S/C21H20ClFN2O/c1-13-7-8-18-15(11-13)20(2,3)21(24-19(26)12-25(18)21)10-9-14-16(22)5-4-6-17(14)23/h4-11H,12H2,1-3H3,(H,24,26). The summed E-state index contributed by atoms with van der Waals surface area (Å²) in [6.07, 6.45) is 3.55. The van der Waals surface area contributed by atoms with E-state index >= 15 is 0 Å². The molecule has 2 aliphatic rings. The molecule has 1 atom stereocenters. The van der Waals surface area contributed by atoms with Crippen molar-refractivity contribution in [3.05, 3.63) is 70.0 Å². The summed E-state index contributed by atoms with van der Waals surface area (Å²) in [5.41, 5.74) is 2.54. The zero-order valence-electron chi connectivity index (χ0n) is 14.9. The van der Waals surface area contributed by atoms with Crippen LogP contribution >= 0.6 is 11.6 Å². The van der Waals surface area contributed by atoms with Crippen LogP contribution in [0.4, 0.5) is 10.1 Å². The maximum absolute atomic E-state index is 14.2. The van der Waals surface area contributed by atoms with Gasteiger partial charge in [-0.15, -0.1) is 0 Å². The molecule has 0 spiro atoms. The molecule has 2 aliphatic heterocycles. The molecule has 3 nitrogen and oxygen atoms in total. The number of nitrogens with zero attached hydrogens (tertiary/aromatic N) is 1. The number of hydrogen-bond donors (Lipinski definition) is 1. The van der Waals surface area contributed by atoms with Crippen LogP contribution in [0.25, 0.3) is 6.08 Å². The molecule has 2 heterocycles. The van der Waals surface area contributed by atoms with E-state index in [-0.39, 0.29) is 18.3 Å². The molecule has 1 N–H and O–H groups in total. The Balaban J connectivity index is 1.88. The average molecular weight is 371 g/mol. The summed E-state index contributed by atoms with van der Waals surface area (Å²) in [4.78, 5) is 14.3. The van der Waals surface area contributed by atoms with E-state index in [1.807, 2.05) is 12.1 Å². The van der Waals surface area contributed by atoms with Crippen LogP contribution in [0.15, 0.2) is 42.5 Å². The molecule has 1 amide bonds. The Hall–Kier alpha value is -2.33. The molecule has 26 heavy (non-hydrogen) atoms. The van der Waals surface area contributed by atoms with Gasteiger partial charge < -0.3 is 10.2 Å². The van der Waals surface area contributed by atoms with E-state index in [4.69, 9.17) is 11.6 Å². The van der Waals surface area contributed by atoms with E-state index in [0.717, 1.165) is 5.69 Å². The van der Waals surface area contributed by atoms with Gasteiger partial charge in [0.1, 0.15) is 11.5 Å². The number of fused-ring (bicyclic) bond motifs is 3. The summed E-state index contributed by atoms with van der Waals surface area (Å²) in [6, 6.07) is 10.9. The first-order chi connectivity index (χ1) is 12.3. The van der Waals surface area contributed by atoms with Gasteiger partial charge in [-0.25, -0.2) is 4.39 Å². The van der Waals surface area contributed by atoms with Gasteiger partial charge in [0.2, 0.25) is 5.91 Å². The van der Waals surface area contributed by atoms with Gasteiger partial charge in [0.25, 0.3) is 0 Å². The zero-order valence-corrected chi connectivity index (χ0v) is 15.7. The summed E-state index contributed by atoms with van der Waals surface area (Å²) in [5.74, 6) is -0.432. The molecule has 0 aromatic heterocycles. The lowest BCUT2D eigenvalue weighted by Gasteiger charge is -2.40. The highest BCUT2D eigenvalue weighted by Crippen LogP contribution is 2.53. The molecular formula is C21H20ClFN2O. The number of halogens is 2. The summed E-state index contributed by atoms with van der Waals surface area (Å²) in [7, 11) is 0. The number of aryl methyl sites for hydroxylation is 1. The predicted octanol–water partition coefficient (Wildman–Crippen LogP) is 4.42. The van der Waals surface area contributed by atoms with Crippen molar-refractivity contribution < 1.29 is 9.18 Å². The topological polar surface area (TPSA) is 32.3 Å². The molecule has 1 saturated heterocycles. The average Bonchev–Trinajstić information content (AvgIpc) is 2.99. The zero-order chi connectivity index (χ0) is 18.7. The molecule has 0 bridgehead atoms. The third-order valence-electron chi connectivity index (χ3n) is 5.62. The number of benzene rings is 2. The Bertz CT molecular complexity index is 933. The van der Waals surface area contributed by atoms with Crippen molar-refractivity contribution in [3.63, 3.8) is 0 Å². The second-order valence-electron chi connectivity index (χ2n) is 7.51. The summed E-state index contributed by atoms with van der Waals surface area (Å²) >= 11 is 6.17. The first-order valence-corrected chi connectivity index (χ1v) is 8.97. The number of rotatable bonds is 2. The molecule has 0 aliphatic carbocycles. The first kappa shape index (κ1) is 17.1. The number of amides is 1. The van der Waals surface area contributed by atoms with Gasteiger partial charge in [-0.1, -0.05) is 55.3 Å². The van der Waals surface area contributed by atoms with Crippen molar-refractivity contribution >= 4 is 29.3 Å². The number of carbonyl (C=O) groups is 1. The van der Waals surface area contributed by atoms with Crippen molar-refractivity contribution in [2.24, 2.45) is 0 Å². The maximum atomic E-state index is 14.2. The van der Waals surface area contributed by atoms with Crippen LogP contribution in [0, 0.1) is 12.7 Å². The fourth-order valence-corrected chi connectivity index (χ4v) is 4.39. The van der Waals surface area contributed by atoms with Crippen molar-refractivity contribution in [3.8, 4) is 0 Å². The van der Waals surface area contributed by atoms with E-state index < -0.39 is 11.1 Å². The molecule has 1 unspecified atom stereocenters. The normalized spacial score (nSPS) is 23.3. The van der Waals surface area contributed by atoms with Crippen molar-refractivity contribution in [1.82, 2.24) is 5.32 Å². The molecule has 134 valence electrons. The fraction of sp³-hybridized carbons (Fsp3) is 0.286. The second kappa shape index (κ2) is 5.58. The van der Waals surface area contributed by atoms with Gasteiger partial charge >= 0.3 is 0 Å². The minimum Gasteiger partial charge on any atom is -0.335 e. The van der Waals surface area contributed by atoms with E-state index in [1.54, 1.807) is 18.2 Å². The fourth-order valence-electron chi connectivity index (χ4n) is 4.16. The molecule has 0 saturated carbocycles. The Labute approximate surface area is 157 Å². The monoisotopic (exact) mass is 370 g/mol. The molecule has 5 heteroatoms. The van der Waals surface area contributed by atoms with Crippen LogP contribution in [0.5, 0.6) is 0 Å². The SMILES string of the molecule is Cc1ccc2c(c1)C(C)(C)C1(C=Cc3c(F)cccc3Cl)NC(=O)CN21. The Morgan fingerprint density at radius 1 is 1.27 bits per heavy atom. The first-order valence-electron chi connectivity index (χ1n) is 8.59. The predicted molar refractivity (Wildman–Crippen MR) is 103 cm³/mol. The van der Waals surface area contributed by atoms with E-state index in [9.17, 15) is 9.18 Å². The van der Waals surface area contributed by atoms with Gasteiger partial charge in [0.05, 0.1) is 11.6 Å². The van der Waals surface area contributed by atoms with Gasteiger partial charge in [0, 0.05) is 16.7 Å². The highest BCUT2D eigenvalue weighted by molar-refractivity contribution is 6.32. The van der Waals surface area contributed by atoms with Crippen molar-refractivity contribution in [1.29, 1.82) is 0 Å². The lowest BCUT2D eigenvalue weighted by atomic mass is 9.75. The second-order valence-corrected chi connectivity index (χ2v) is 7.92. The van der Waals surface area contributed by atoms with Crippen molar-refractivity contribution in [2.75, 3.05) is 11.4 Å². The Morgan fingerprint density at radius 3 is 2.77 bits per heavy atom. The van der Waals surface area contributed by atoms with Gasteiger partial charge in [-0.2, -0.15) is 0 Å². The Morgan fingerprint density at radius 2 is 2.04 bits per heavy atom. The summed E-state index contributed by atoms with van der Waals surface area (Å²) < 4.78 is 14.2. The van der Waals surface area contributed by atoms with Crippen molar-refractivity contribution in [2.45, 2.75) is 31.8 Å². The number of nitrogens with one attached hydrogen (secondary N) is 1. The van der Waals surface area contributed by atoms with Crippen LogP contribution in [-0.2, 0) is 10.2 Å². The highest BCUT2D eigenvalue weighted by atomic mass is 35.5. The molecule has 0 radical (unpaired) electrons. The minimum absolute atomic E-state index is 0.0476. The quantitative estimate of drug-likeness (QED) is 0.848. The third-order valence-corrected chi connectivity index (χ3v) is 5.95. The van der Waals surface area contributed by atoms with Crippen LogP contribution < -0.4 is 10.2 Å². The van der Waals surface area contributed by atoms with Crippen LogP contribution in [-0.4, -0.2) is 18.1 Å². The van der Waals surface area contributed by atoms with Gasteiger partial charge in [-0.3, -0.25) is 4.79 Å². The van der Waals surface area contributed by atoms with E-state index in [0.29, 0.717) is 10.6 Å². The van der Waals surface area contributed by atoms with Gasteiger partial charge in [-0.05, 0) is 36.8 Å². The Kier molecular flexibility index (Phi) is 3.67. The summed E-state index contributed by atoms with van der Waals surface area (Å²) in [6.45, 7) is 6.53. The smallest absolute Gasteiger partial charge is 0.241 e. The number of anilines is 1. The lowest BCUT2D eigenvalue weighted by Crippen LogP contribution is -2.58. The molecule has 1 fully saturated rings. The van der Waals surface area contributed by atoms with E-state index in [1.165, 1.54) is 17.2 Å². The molecule has 2 aromatic rings. The number of carbonyl (C=O) groups excluding carboxylic acids is 1. The maximum Gasteiger partial charge on any atom is 0.241 e. The number of hydrogen-bond acceptors (Lipinski definition) is 2. The molecule has 4 rings (SSSR count). The van der Waals surface area contributed by atoms with Crippen LogP contribution in [0.1, 0.15) is 30.5 Å². The minimum atomic E-state index is -0.758. The van der Waals surface area contributed by atoms with Gasteiger partial charge in [0.15, 0.2) is 0 Å². The largest absolute Gasteiger partial charge is 0.335 e. The van der Waals surface area contributed by atoms with E-state index in [2.05, 4.69) is 43.1 Å². The van der Waals surface area contributed by atoms with Crippen LogP contribution in [0.2, 0.25) is 5.02 Å². The van der Waals surface area contributed by atoms with Crippen LogP contribution in [0.3, 0.4) is 0 Å². The molecule has 2 aromatic carbocycles.